The SMILES string of the molecule is CC(=O)c1cnn2c(C3CCCCC3)c(-c3ccc(F)cc3)cnc12. The van der Waals surface area contributed by atoms with Crippen molar-refractivity contribution in [2.45, 2.75) is 44.9 Å². The molecule has 0 aliphatic heterocycles. The molecule has 1 saturated carbocycles. The highest BCUT2D eigenvalue weighted by molar-refractivity contribution is 5.99. The van der Waals surface area contributed by atoms with Gasteiger partial charge in [-0.3, -0.25) is 4.79 Å². The van der Waals surface area contributed by atoms with Crippen LogP contribution in [0.5, 0.6) is 0 Å². The summed E-state index contributed by atoms with van der Waals surface area (Å²) in [5, 5.41) is 4.48. The molecule has 1 fully saturated rings. The summed E-state index contributed by atoms with van der Waals surface area (Å²) in [7, 11) is 0. The zero-order valence-electron chi connectivity index (χ0n) is 14.2. The van der Waals surface area contributed by atoms with Gasteiger partial charge in [-0.15, -0.1) is 0 Å². The third kappa shape index (κ3) is 2.84. The highest BCUT2D eigenvalue weighted by Crippen LogP contribution is 2.38. The Labute approximate surface area is 145 Å². The van der Waals surface area contributed by atoms with E-state index < -0.39 is 0 Å². The summed E-state index contributed by atoms with van der Waals surface area (Å²) in [6.45, 7) is 1.53. The molecule has 2 heterocycles. The zero-order valence-corrected chi connectivity index (χ0v) is 14.2. The van der Waals surface area contributed by atoms with Crippen LogP contribution in [0.2, 0.25) is 0 Å². The lowest BCUT2D eigenvalue weighted by atomic mass is 9.84. The first-order valence-corrected chi connectivity index (χ1v) is 8.78. The molecule has 128 valence electrons. The van der Waals surface area contributed by atoms with E-state index >= 15 is 0 Å². The first-order valence-electron chi connectivity index (χ1n) is 8.78. The molecule has 0 amide bonds. The van der Waals surface area contributed by atoms with Crippen molar-refractivity contribution in [1.29, 1.82) is 0 Å². The first kappa shape index (κ1) is 15.9. The van der Waals surface area contributed by atoms with E-state index in [9.17, 15) is 9.18 Å². The van der Waals surface area contributed by atoms with Crippen LogP contribution >= 0.6 is 0 Å². The topological polar surface area (TPSA) is 47.3 Å². The van der Waals surface area contributed by atoms with Gasteiger partial charge in [0.05, 0.1) is 17.5 Å². The van der Waals surface area contributed by atoms with Gasteiger partial charge in [0.15, 0.2) is 11.4 Å². The number of hydrogen-bond acceptors (Lipinski definition) is 3. The Kier molecular flexibility index (Phi) is 4.07. The fourth-order valence-corrected chi connectivity index (χ4v) is 3.82. The maximum absolute atomic E-state index is 13.3. The number of ketones is 1. The molecule has 2 aromatic heterocycles. The van der Waals surface area contributed by atoms with Crippen LogP contribution in [0.3, 0.4) is 0 Å². The second-order valence-electron chi connectivity index (χ2n) is 6.75. The molecule has 0 spiro atoms. The molecule has 0 unspecified atom stereocenters. The number of carbonyl (C=O) groups is 1. The van der Waals surface area contributed by atoms with Crippen LogP contribution in [0.15, 0.2) is 36.7 Å². The van der Waals surface area contributed by atoms with Gasteiger partial charge in [-0.25, -0.2) is 13.9 Å². The van der Waals surface area contributed by atoms with Crippen LogP contribution in [-0.2, 0) is 0 Å². The lowest BCUT2D eigenvalue weighted by molar-refractivity contribution is 0.101. The van der Waals surface area contributed by atoms with E-state index in [-0.39, 0.29) is 11.6 Å². The fraction of sp³-hybridized carbons (Fsp3) is 0.350. The summed E-state index contributed by atoms with van der Waals surface area (Å²) in [5.74, 6) is 0.0839. The molecular formula is C20H20FN3O. The smallest absolute Gasteiger partial charge is 0.166 e. The predicted octanol–water partition coefficient (Wildman–Crippen LogP) is 4.79. The summed E-state index contributed by atoms with van der Waals surface area (Å²) in [5.41, 5.74) is 4.14. The van der Waals surface area contributed by atoms with Crippen molar-refractivity contribution < 1.29 is 9.18 Å². The summed E-state index contributed by atoms with van der Waals surface area (Å²) < 4.78 is 15.2. The minimum atomic E-state index is -0.255. The molecule has 0 saturated heterocycles. The lowest BCUT2D eigenvalue weighted by Crippen LogP contribution is -2.13. The van der Waals surface area contributed by atoms with Crippen molar-refractivity contribution in [2.75, 3.05) is 0 Å². The second-order valence-corrected chi connectivity index (χ2v) is 6.75. The van der Waals surface area contributed by atoms with Gasteiger partial charge in [-0.1, -0.05) is 31.4 Å². The van der Waals surface area contributed by atoms with Gasteiger partial charge in [0.25, 0.3) is 0 Å². The van der Waals surface area contributed by atoms with Crippen molar-refractivity contribution in [2.24, 2.45) is 0 Å². The number of halogens is 1. The normalized spacial score (nSPS) is 15.6. The van der Waals surface area contributed by atoms with Gasteiger partial charge in [0.1, 0.15) is 5.82 Å². The zero-order chi connectivity index (χ0) is 17.4. The summed E-state index contributed by atoms with van der Waals surface area (Å²) in [6, 6.07) is 6.49. The number of benzene rings is 1. The number of carbonyl (C=O) groups excluding carboxylic acids is 1. The van der Waals surface area contributed by atoms with Crippen molar-refractivity contribution in [3.63, 3.8) is 0 Å². The van der Waals surface area contributed by atoms with Crippen LogP contribution < -0.4 is 0 Å². The summed E-state index contributed by atoms with van der Waals surface area (Å²) >= 11 is 0. The third-order valence-corrected chi connectivity index (χ3v) is 5.09. The monoisotopic (exact) mass is 337 g/mol. The van der Waals surface area contributed by atoms with E-state index in [1.54, 1.807) is 24.5 Å². The summed E-state index contributed by atoms with van der Waals surface area (Å²) in [6.07, 6.45) is 9.25. The second kappa shape index (κ2) is 6.39. The van der Waals surface area contributed by atoms with E-state index in [0.29, 0.717) is 17.1 Å². The van der Waals surface area contributed by atoms with Gasteiger partial charge in [-0.2, -0.15) is 5.10 Å². The minimum Gasteiger partial charge on any atom is -0.294 e. The van der Waals surface area contributed by atoms with E-state index in [2.05, 4.69) is 10.1 Å². The number of rotatable bonds is 3. The van der Waals surface area contributed by atoms with Gasteiger partial charge in [-0.05, 0) is 37.5 Å². The quantitative estimate of drug-likeness (QED) is 0.646. The van der Waals surface area contributed by atoms with Crippen molar-refractivity contribution in [1.82, 2.24) is 14.6 Å². The molecule has 0 atom stereocenters. The Balaban J connectivity index is 1.95. The van der Waals surface area contributed by atoms with Crippen molar-refractivity contribution in [3.8, 4) is 11.1 Å². The Morgan fingerprint density at radius 3 is 2.52 bits per heavy atom. The molecule has 4 nitrogen and oxygen atoms in total. The molecule has 3 aromatic rings. The Morgan fingerprint density at radius 2 is 1.84 bits per heavy atom. The summed E-state index contributed by atoms with van der Waals surface area (Å²) in [4.78, 5) is 16.4. The standard InChI is InChI=1S/C20H20FN3O/c1-13(25)17-12-23-24-19(15-5-3-2-4-6-15)18(11-22-20(17)24)14-7-9-16(21)10-8-14/h7-12,15H,2-6H2,1H3. The van der Waals surface area contributed by atoms with Gasteiger partial charge >= 0.3 is 0 Å². The van der Waals surface area contributed by atoms with Crippen LogP contribution in [0.1, 0.15) is 61.0 Å². The molecule has 25 heavy (non-hydrogen) atoms. The van der Waals surface area contributed by atoms with E-state index in [1.807, 2.05) is 4.52 Å². The maximum Gasteiger partial charge on any atom is 0.166 e. The largest absolute Gasteiger partial charge is 0.294 e. The van der Waals surface area contributed by atoms with Crippen molar-refractivity contribution >= 4 is 11.4 Å². The number of nitrogens with zero attached hydrogens (tertiary/aromatic N) is 3. The van der Waals surface area contributed by atoms with Gasteiger partial charge in [0.2, 0.25) is 0 Å². The predicted molar refractivity (Wildman–Crippen MR) is 94.2 cm³/mol. The molecule has 4 rings (SSSR count). The van der Waals surface area contributed by atoms with Crippen molar-refractivity contribution in [3.05, 3.63) is 53.7 Å². The number of Topliss-reactive ketones (excluding diaryl/α,β-unsaturated/α-hetero) is 1. The average Bonchev–Trinajstić information content (AvgIpc) is 3.06. The van der Waals surface area contributed by atoms with Crippen LogP contribution in [-0.4, -0.2) is 20.4 Å². The average molecular weight is 337 g/mol. The van der Waals surface area contributed by atoms with E-state index in [1.165, 1.54) is 38.3 Å². The Morgan fingerprint density at radius 1 is 1.12 bits per heavy atom. The number of aromatic nitrogens is 3. The van der Waals surface area contributed by atoms with Crippen LogP contribution in [0, 0.1) is 5.82 Å². The van der Waals surface area contributed by atoms with Crippen LogP contribution in [0.25, 0.3) is 16.8 Å². The van der Waals surface area contributed by atoms with E-state index in [4.69, 9.17) is 0 Å². The van der Waals surface area contributed by atoms with Gasteiger partial charge in [0, 0.05) is 17.7 Å². The van der Waals surface area contributed by atoms with E-state index in [0.717, 1.165) is 29.7 Å². The molecule has 0 radical (unpaired) electrons. The lowest BCUT2D eigenvalue weighted by Gasteiger charge is -2.25. The Hall–Kier alpha value is -2.56. The first-order chi connectivity index (χ1) is 12.1. The number of hydrogen-bond donors (Lipinski definition) is 0. The molecule has 1 aromatic carbocycles. The van der Waals surface area contributed by atoms with Crippen LogP contribution in [0.4, 0.5) is 4.39 Å². The molecule has 5 heteroatoms. The highest BCUT2D eigenvalue weighted by Gasteiger charge is 2.24. The third-order valence-electron chi connectivity index (χ3n) is 5.09. The number of fused-ring (bicyclic) bond motifs is 1. The molecule has 0 N–H and O–H groups in total. The molecular weight excluding hydrogens is 317 g/mol. The molecule has 1 aliphatic carbocycles. The fourth-order valence-electron chi connectivity index (χ4n) is 3.82. The highest BCUT2D eigenvalue weighted by atomic mass is 19.1. The van der Waals surface area contributed by atoms with Gasteiger partial charge < -0.3 is 0 Å². The Bertz CT molecular complexity index is 924. The maximum atomic E-state index is 13.3. The molecule has 1 aliphatic rings. The minimum absolute atomic E-state index is 0.0355. The molecule has 0 bridgehead atoms.